The third kappa shape index (κ3) is 3.29. The van der Waals surface area contributed by atoms with Gasteiger partial charge >= 0.3 is 0 Å². The van der Waals surface area contributed by atoms with Gasteiger partial charge in [-0.15, -0.1) is 0 Å². The van der Waals surface area contributed by atoms with Gasteiger partial charge in [-0.25, -0.2) is 0 Å². The summed E-state index contributed by atoms with van der Waals surface area (Å²) in [5.41, 5.74) is 1.97. The zero-order valence-corrected chi connectivity index (χ0v) is 11.3. The van der Waals surface area contributed by atoms with Crippen molar-refractivity contribution < 1.29 is 4.79 Å². The van der Waals surface area contributed by atoms with Crippen LogP contribution in [-0.2, 0) is 11.2 Å². The Morgan fingerprint density at radius 3 is 2.61 bits per heavy atom. The van der Waals surface area contributed by atoms with Crippen LogP contribution >= 0.6 is 0 Å². The van der Waals surface area contributed by atoms with Crippen LogP contribution in [0, 0.1) is 6.92 Å². The predicted molar refractivity (Wildman–Crippen MR) is 71.3 cm³/mol. The number of pyridine rings is 1. The van der Waals surface area contributed by atoms with Gasteiger partial charge in [-0.3, -0.25) is 9.78 Å². The number of hydrogen-bond donors (Lipinski definition) is 1. The van der Waals surface area contributed by atoms with Crippen LogP contribution in [0.3, 0.4) is 0 Å². The first-order valence-electron chi connectivity index (χ1n) is 6.50. The van der Waals surface area contributed by atoms with Gasteiger partial charge in [0.05, 0.1) is 6.42 Å². The van der Waals surface area contributed by atoms with E-state index in [0.717, 1.165) is 24.3 Å². The van der Waals surface area contributed by atoms with E-state index in [1.807, 2.05) is 24.0 Å². The molecule has 4 heteroatoms. The van der Waals surface area contributed by atoms with Crippen molar-refractivity contribution in [1.82, 2.24) is 15.2 Å². The molecule has 18 heavy (non-hydrogen) atoms. The average molecular weight is 247 g/mol. The van der Waals surface area contributed by atoms with Gasteiger partial charge in [0.25, 0.3) is 0 Å². The molecule has 1 fully saturated rings. The summed E-state index contributed by atoms with van der Waals surface area (Å²) in [5.74, 6) is 0.195. The predicted octanol–water partition coefficient (Wildman–Crippen LogP) is 1.14. The second-order valence-corrected chi connectivity index (χ2v) is 5.25. The maximum absolute atomic E-state index is 12.2. The van der Waals surface area contributed by atoms with Gasteiger partial charge in [0.1, 0.15) is 0 Å². The number of aryl methyl sites for hydroxylation is 1. The molecular formula is C14H21N3O. The molecule has 1 amide bonds. The minimum atomic E-state index is 0.195. The van der Waals surface area contributed by atoms with Gasteiger partial charge in [0.15, 0.2) is 0 Å². The maximum atomic E-state index is 12.2. The summed E-state index contributed by atoms with van der Waals surface area (Å²) in [6.45, 7) is 7.77. The molecule has 0 aliphatic carbocycles. The molecular weight excluding hydrogens is 226 g/mol. The Hall–Kier alpha value is -1.42. The molecule has 1 aliphatic heterocycles. The summed E-state index contributed by atoms with van der Waals surface area (Å²) in [6.07, 6.45) is 2.25. The Kier molecular flexibility index (Phi) is 3.97. The van der Waals surface area contributed by atoms with E-state index in [1.54, 1.807) is 6.20 Å². The number of nitrogens with one attached hydrogen (secondary N) is 1. The van der Waals surface area contributed by atoms with Gasteiger partial charge in [-0.2, -0.15) is 0 Å². The molecule has 2 rings (SSSR count). The van der Waals surface area contributed by atoms with Crippen LogP contribution in [0.5, 0.6) is 0 Å². The summed E-state index contributed by atoms with van der Waals surface area (Å²) < 4.78 is 0. The third-order valence-electron chi connectivity index (χ3n) is 3.24. The summed E-state index contributed by atoms with van der Waals surface area (Å²) >= 11 is 0. The molecule has 2 atom stereocenters. The van der Waals surface area contributed by atoms with E-state index >= 15 is 0 Å². The van der Waals surface area contributed by atoms with Crippen molar-refractivity contribution in [2.45, 2.75) is 39.3 Å². The van der Waals surface area contributed by atoms with Gasteiger partial charge in [-0.1, -0.05) is 6.07 Å². The summed E-state index contributed by atoms with van der Waals surface area (Å²) in [5, 5.41) is 3.43. The molecule has 0 unspecified atom stereocenters. The lowest BCUT2D eigenvalue weighted by atomic mass is 10.1. The zero-order chi connectivity index (χ0) is 13.1. The molecule has 0 radical (unpaired) electrons. The highest BCUT2D eigenvalue weighted by molar-refractivity contribution is 5.78. The van der Waals surface area contributed by atoms with Crippen LogP contribution < -0.4 is 5.32 Å². The smallest absolute Gasteiger partial charge is 0.227 e. The highest BCUT2D eigenvalue weighted by Crippen LogP contribution is 2.08. The van der Waals surface area contributed by atoms with E-state index in [0.29, 0.717) is 18.5 Å². The Bertz CT molecular complexity index is 406. The molecule has 1 aliphatic rings. The number of rotatable bonds is 2. The van der Waals surface area contributed by atoms with Crippen molar-refractivity contribution in [3.8, 4) is 0 Å². The lowest BCUT2D eigenvalue weighted by molar-refractivity contribution is -0.132. The van der Waals surface area contributed by atoms with Crippen LogP contribution in [0.25, 0.3) is 0 Å². The second kappa shape index (κ2) is 5.48. The molecule has 1 aromatic rings. The average Bonchev–Trinajstić information content (AvgIpc) is 2.31. The number of hydrogen-bond acceptors (Lipinski definition) is 3. The molecule has 0 saturated carbocycles. The Labute approximate surface area is 108 Å². The van der Waals surface area contributed by atoms with Crippen molar-refractivity contribution in [3.05, 3.63) is 29.6 Å². The maximum Gasteiger partial charge on any atom is 0.227 e. The Morgan fingerprint density at radius 2 is 2.06 bits per heavy atom. The molecule has 0 bridgehead atoms. The fraction of sp³-hybridized carbons (Fsp3) is 0.571. The third-order valence-corrected chi connectivity index (χ3v) is 3.24. The largest absolute Gasteiger partial charge is 0.339 e. The van der Waals surface area contributed by atoms with E-state index in [2.05, 4.69) is 24.1 Å². The fourth-order valence-electron chi connectivity index (χ4n) is 2.42. The lowest BCUT2D eigenvalue weighted by Crippen LogP contribution is -2.56. The Morgan fingerprint density at radius 1 is 1.39 bits per heavy atom. The first kappa shape index (κ1) is 13.0. The van der Waals surface area contributed by atoms with Crippen molar-refractivity contribution in [2.75, 3.05) is 13.1 Å². The molecule has 4 nitrogen and oxygen atoms in total. The number of carbonyl (C=O) groups excluding carboxylic acids is 1. The highest BCUT2D eigenvalue weighted by Gasteiger charge is 2.24. The van der Waals surface area contributed by atoms with E-state index in [4.69, 9.17) is 0 Å². The minimum absolute atomic E-state index is 0.195. The van der Waals surface area contributed by atoms with Gasteiger partial charge in [-0.05, 0) is 32.4 Å². The highest BCUT2D eigenvalue weighted by atomic mass is 16.2. The number of nitrogens with zero attached hydrogens (tertiary/aromatic N) is 2. The minimum Gasteiger partial charge on any atom is -0.339 e. The van der Waals surface area contributed by atoms with Gasteiger partial charge in [0.2, 0.25) is 5.91 Å². The first-order chi connectivity index (χ1) is 8.54. The van der Waals surface area contributed by atoms with Crippen LogP contribution in [0.15, 0.2) is 18.3 Å². The summed E-state index contributed by atoms with van der Waals surface area (Å²) in [4.78, 5) is 18.4. The van der Waals surface area contributed by atoms with Crippen LogP contribution in [0.4, 0.5) is 0 Å². The zero-order valence-electron chi connectivity index (χ0n) is 11.3. The van der Waals surface area contributed by atoms with Gasteiger partial charge in [0, 0.05) is 37.1 Å². The van der Waals surface area contributed by atoms with Crippen LogP contribution in [-0.4, -0.2) is 41.0 Å². The topological polar surface area (TPSA) is 45.2 Å². The molecule has 0 aromatic carbocycles. The molecule has 0 spiro atoms. The second-order valence-electron chi connectivity index (χ2n) is 5.25. The fourth-order valence-corrected chi connectivity index (χ4v) is 2.42. The standard InChI is InChI=1S/C14H21N3O/c1-10-4-5-13(7-15-10)6-14(18)17-8-11(2)16-12(3)9-17/h4-5,7,11-12,16H,6,8-9H2,1-3H3/t11-,12-/m1/s1. The molecule has 1 N–H and O–H groups in total. The number of aromatic nitrogens is 1. The molecule has 1 saturated heterocycles. The van der Waals surface area contributed by atoms with Crippen molar-refractivity contribution in [2.24, 2.45) is 0 Å². The molecule has 2 heterocycles. The van der Waals surface area contributed by atoms with Crippen molar-refractivity contribution in [3.63, 3.8) is 0 Å². The monoisotopic (exact) mass is 247 g/mol. The Balaban J connectivity index is 1.97. The summed E-state index contributed by atoms with van der Waals surface area (Å²) in [7, 11) is 0. The van der Waals surface area contributed by atoms with Crippen molar-refractivity contribution >= 4 is 5.91 Å². The lowest BCUT2D eigenvalue weighted by Gasteiger charge is -2.36. The quantitative estimate of drug-likeness (QED) is 0.852. The van der Waals surface area contributed by atoms with E-state index in [-0.39, 0.29) is 5.91 Å². The van der Waals surface area contributed by atoms with E-state index in [1.165, 1.54) is 0 Å². The normalized spacial score (nSPS) is 24.1. The van der Waals surface area contributed by atoms with E-state index < -0.39 is 0 Å². The molecule has 98 valence electrons. The SMILES string of the molecule is Cc1ccc(CC(=O)N2C[C@@H](C)N[C@H](C)C2)cn1. The first-order valence-corrected chi connectivity index (χ1v) is 6.50. The van der Waals surface area contributed by atoms with Gasteiger partial charge < -0.3 is 10.2 Å². The number of carbonyl (C=O) groups is 1. The number of piperazine rings is 1. The van der Waals surface area contributed by atoms with Crippen LogP contribution in [0.1, 0.15) is 25.1 Å². The van der Waals surface area contributed by atoms with Crippen molar-refractivity contribution in [1.29, 1.82) is 0 Å². The van der Waals surface area contributed by atoms with E-state index in [9.17, 15) is 4.79 Å². The molecule has 1 aromatic heterocycles. The number of amides is 1. The summed E-state index contributed by atoms with van der Waals surface area (Å²) in [6, 6.07) is 4.67. The van der Waals surface area contributed by atoms with Crippen LogP contribution in [0.2, 0.25) is 0 Å².